The maximum absolute atomic E-state index is 9.40. The molecule has 0 fully saturated rings. The normalized spacial score (nSPS) is 11.1. The molecule has 0 aliphatic heterocycles. The zero-order valence-electron chi connectivity index (χ0n) is 39.1. The first kappa shape index (κ1) is 44.3. The monoisotopic (exact) mass is 888 g/mol. The fourth-order valence-electron chi connectivity index (χ4n) is 9.18. The molecule has 10 aromatic rings. The Bertz CT molecular complexity index is 3250. The summed E-state index contributed by atoms with van der Waals surface area (Å²) < 4.78 is 0. The van der Waals surface area contributed by atoms with Crippen LogP contribution in [0, 0.1) is 11.3 Å². The van der Waals surface area contributed by atoms with E-state index in [1.807, 2.05) is 67.1 Å². The van der Waals surface area contributed by atoms with Crippen LogP contribution in [0.25, 0.3) is 78.3 Å². The van der Waals surface area contributed by atoms with Gasteiger partial charge in [-0.05, 0) is 152 Å². The first-order valence-corrected chi connectivity index (χ1v) is 23.9. The van der Waals surface area contributed by atoms with E-state index in [2.05, 4.69) is 188 Å². The van der Waals surface area contributed by atoms with Gasteiger partial charge in [-0.25, -0.2) is 0 Å². The average Bonchev–Trinajstić information content (AvgIpc) is 3.42. The van der Waals surface area contributed by atoms with Crippen molar-refractivity contribution in [2.24, 2.45) is 0 Å². The van der Waals surface area contributed by atoms with Gasteiger partial charge in [0.2, 0.25) is 0 Å². The third-order valence-corrected chi connectivity index (χ3v) is 13.1. The Balaban J connectivity index is 1.02. The minimum atomic E-state index is 0.406. The standard InChI is InChI=1S/C65H52N4/c1-45(2)57-34-36-65(69-44-57)56-33-35-61(62(42-56)53-31-29-52(30-32-53)51-23-21-48(43-66)22-24-51)60-10-4-3-9-59(60)58-40-49(15-13-46-17-25-54(26-18-46)63-11-5-7-37-67-63)39-50(41-58)16-14-47-19-27-55(28-20-47)64-12-6-8-38-68-64/h3-12,17-42,44-45H,13-16H2,1-2H3. The van der Waals surface area contributed by atoms with E-state index in [-0.39, 0.29) is 0 Å². The molecular formula is C65H52N4. The highest BCUT2D eigenvalue weighted by molar-refractivity contribution is 5.94. The number of pyridine rings is 3. The molecule has 0 radical (unpaired) electrons. The summed E-state index contributed by atoms with van der Waals surface area (Å²) >= 11 is 0. The lowest BCUT2D eigenvalue weighted by Crippen LogP contribution is -1.98. The van der Waals surface area contributed by atoms with Gasteiger partial charge in [-0.1, -0.05) is 172 Å². The Kier molecular flexibility index (Phi) is 13.2. The first-order chi connectivity index (χ1) is 33.9. The zero-order valence-corrected chi connectivity index (χ0v) is 39.1. The van der Waals surface area contributed by atoms with Crippen molar-refractivity contribution in [3.63, 3.8) is 0 Å². The van der Waals surface area contributed by atoms with Crippen LogP contribution in [-0.4, -0.2) is 15.0 Å². The van der Waals surface area contributed by atoms with Crippen LogP contribution >= 0.6 is 0 Å². The zero-order chi connectivity index (χ0) is 46.9. The minimum absolute atomic E-state index is 0.406. The van der Waals surface area contributed by atoms with Crippen molar-refractivity contribution in [1.29, 1.82) is 5.26 Å². The fraction of sp³-hybridized carbons (Fsp3) is 0.108. The third kappa shape index (κ3) is 10.4. The quantitative estimate of drug-likeness (QED) is 0.109. The highest BCUT2D eigenvalue weighted by atomic mass is 14.7. The van der Waals surface area contributed by atoms with E-state index in [9.17, 15) is 5.26 Å². The minimum Gasteiger partial charge on any atom is -0.256 e. The third-order valence-electron chi connectivity index (χ3n) is 13.1. The second kappa shape index (κ2) is 20.6. The van der Waals surface area contributed by atoms with Gasteiger partial charge in [0.15, 0.2) is 0 Å². The van der Waals surface area contributed by atoms with E-state index in [0.29, 0.717) is 11.5 Å². The summed E-state index contributed by atoms with van der Waals surface area (Å²) in [7, 11) is 0. The van der Waals surface area contributed by atoms with Gasteiger partial charge >= 0.3 is 0 Å². The van der Waals surface area contributed by atoms with Crippen molar-refractivity contribution in [2.75, 3.05) is 0 Å². The van der Waals surface area contributed by atoms with Crippen LogP contribution in [-0.2, 0) is 25.7 Å². The number of benzene rings is 7. The van der Waals surface area contributed by atoms with Gasteiger partial charge in [0.05, 0.1) is 28.7 Å². The van der Waals surface area contributed by atoms with Crippen LogP contribution in [0.15, 0.2) is 225 Å². The lowest BCUT2D eigenvalue weighted by molar-refractivity contribution is 0.859. The number of nitrogens with zero attached hydrogens (tertiary/aromatic N) is 4. The smallest absolute Gasteiger partial charge is 0.0991 e. The Hall–Kier alpha value is -8.52. The van der Waals surface area contributed by atoms with Crippen molar-refractivity contribution in [3.05, 3.63) is 258 Å². The molecule has 7 aromatic carbocycles. The summed E-state index contributed by atoms with van der Waals surface area (Å²) in [6, 6.07) is 75.9. The number of hydrogen-bond donors (Lipinski definition) is 0. The Morgan fingerprint density at radius 2 is 0.841 bits per heavy atom. The van der Waals surface area contributed by atoms with Crippen molar-refractivity contribution >= 4 is 0 Å². The van der Waals surface area contributed by atoms with Gasteiger partial charge in [-0.3, -0.25) is 15.0 Å². The maximum Gasteiger partial charge on any atom is 0.0991 e. The molecule has 4 nitrogen and oxygen atoms in total. The summed E-state index contributed by atoms with van der Waals surface area (Å²) in [5, 5.41) is 9.40. The number of rotatable bonds is 14. The van der Waals surface area contributed by atoms with Gasteiger partial charge < -0.3 is 0 Å². The summed E-state index contributed by atoms with van der Waals surface area (Å²) in [5.74, 6) is 0.406. The molecule has 4 heteroatoms. The van der Waals surface area contributed by atoms with Crippen LogP contribution in [0.1, 0.15) is 53.1 Å². The predicted octanol–water partition coefficient (Wildman–Crippen LogP) is 16.1. The molecule has 332 valence electrons. The second-order valence-corrected chi connectivity index (χ2v) is 18.1. The van der Waals surface area contributed by atoms with Gasteiger partial charge in [0.25, 0.3) is 0 Å². The molecule has 0 aliphatic carbocycles. The van der Waals surface area contributed by atoms with E-state index in [1.165, 1.54) is 44.5 Å². The Morgan fingerprint density at radius 3 is 1.36 bits per heavy atom. The molecule has 3 heterocycles. The molecule has 0 saturated carbocycles. The van der Waals surface area contributed by atoms with Crippen LogP contribution in [0.2, 0.25) is 0 Å². The molecule has 69 heavy (non-hydrogen) atoms. The summed E-state index contributed by atoms with van der Waals surface area (Å²) in [6.45, 7) is 4.40. The predicted molar refractivity (Wildman–Crippen MR) is 284 cm³/mol. The van der Waals surface area contributed by atoms with Gasteiger partial charge in [-0.2, -0.15) is 5.26 Å². The van der Waals surface area contributed by atoms with E-state index < -0.39 is 0 Å². The molecule has 0 spiro atoms. The van der Waals surface area contributed by atoms with Crippen molar-refractivity contribution in [1.82, 2.24) is 15.0 Å². The molecule has 0 saturated heterocycles. The van der Waals surface area contributed by atoms with Crippen molar-refractivity contribution in [2.45, 2.75) is 45.4 Å². The van der Waals surface area contributed by atoms with E-state index in [1.54, 1.807) is 0 Å². The molecule has 0 amide bonds. The lowest BCUT2D eigenvalue weighted by Gasteiger charge is -2.18. The molecule has 0 aliphatic rings. The van der Waals surface area contributed by atoms with E-state index >= 15 is 0 Å². The first-order valence-electron chi connectivity index (χ1n) is 23.9. The molecule has 0 bridgehead atoms. The van der Waals surface area contributed by atoms with Gasteiger partial charge in [0, 0.05) is 35.3 Å². The largest absolute Gasteiger partial charge is 0.256 e. The molecule has 0 unspecified atom stereocenters. The summed E-state index contributed by atoms with van der Waals surface area (Å²) in [6.07, 6.45) is 9.39. The van der Waals surface area contributed by atoms with Gasteiger partial charge in [0.1, 0.15) is 0 Å². The number of aryl methyl sites for hydroxylation is 4. The Morgan fingerprint density at radius 1 is 0.362 bits per heavy atom. The number of aromatic nitrogens is 3. The van der Waals surface area contributed by atoms with Crippen molar-refractivity contribution < 1.29 is 0 Å². The number of nitriles is 1. The van der Waals surface area contributed by atoms with Crippen LogP contribution < -0.4 is 0 Å². The molecule has 3 aromatic heterocycles. The maximum atomic E-state index is 9.40. The van der Waals surface area contributed by atoms with E-state index in [0.717, 1.165) is 87.3 Å². The molecule has 0 atom stereocenters. The summed E-state index contributed by atoms with van der Waals surface area (Å²) in [5.41, 5.74) is 22.6. The van der Waals surface area contributed by atoms with Crippen LogP contribution in [0.3, 0.4) is 0 Å². The number of hydrogen-bond acceptors (Lipinski definition) is 4. The summed E-state index contributed by atoms with van der Waals surface area (Å²) in [4.78, 5) is 14.1. The molecular weight excluding hydrogens is 837 g/mol. The SMILES string of the molecule is CC(C)c1ccc(-c2ccc(-c3ccccc3-c3cc(CCc4ccc(-c5ccccn5)cc4)cc(CCc4ccc(-c5ccccn5)cc4)c3)c(-c3ccc(-c4ccc(C#N)cc4)cc3)c2)nc1. The second-order valence-electron chi connectivity index (χ2n) is 18.1. The molecule has 0 N–H and O–H groups in total. The fourth-order valence-corrected chi connectivity index (χ4v) is 9.18. The van der Waals surface area contributed by atoms with Crippen LogP contribution in [0.5, 0.6) is 0 Å². The van der Waals surface area contributed by atoms with Crippen molar-refractivity contribution in [3.8, 4) is 84.3 Å². The average molecular weight is 889 g/mol. The lowest BCUT2D eigenvalue weighted by atomic mass is 9.86. The topological polar surface area (TPSA) is 62.5 Å². The van der Waals surface area contributed by atoms with Gasteiger partial charge in [-0.15, -0.1) is 0 Å². The van der Waals surface area contributed by atoms with E-state index in [4.69, 9.17) is 4.98 Å². The molecule has 10 rings (SSSR count). The highest BCUT2D eigenvalue weighted by Crippen LogP contribution is 2.41. The highest BCUT2D eigenvalue weighted by Gasteiger charge is 2.17. The Labute approximate surface area is 406 Å². The van der Waals surface area contributed by atoms with Crippen LogP contribution in [0.4, 0.5) is 0 Å².